The Morgan fingerprint density at radius 1 is 0.792 bits per heavy atom. The first-order valence-corrected chi connectivity index (χ1v) is 10.7. The van der Waals surface area contributed by atoms with Crippen molar-refractivity contribution in [2.24, 2.45) is 17.8 Å². The molecule has 2 fully saturated rings. The normalized spacial score (nSPS) is 31.2. The standard InChI is InChI=1S/C23H40O/c1-3-5-7-19-24-23-17-15-22(16-18-23)14-13-21-11-9-20(10-12-21)8-6-4-2/h4,7,19-23H,2-3,5-6,8-18H2,1H3/b19-7+. The topological polar surface area (TPSA) is 9.23 Å². The summed E-state index contributed by atoms with van der Waals surface area (Å²) >= 11 is 0. The van der Waals surface area contributed by atoms with Gasteiger partial charge in [0, 0.05) is 0 Å². The van der Waals surface area contributed by atoms with Crippen LogP contribution in [0.4, 0.5) is 0 Å². The summed E-state index contributed by atoms with van der Waals surface area (Å²) in [7, 11) is 0. The molecule has 1 nitrogen and oxygen atoms in total. The lowest BCUT2D eigenvalue weighted by atomic mass is 9.76. The molecule has 138 valence electrons. The number of unbranched alkanes of at least 4 members (excludes halogenated alkanes) is 1. The Balaban J connectivity index is 1.53. The summed E-state index contributed by atoms with van der Waals surface area (Å²) in [5, 5.41) is 0. The Bertz CT molecular complexity index is 343. The molecule has 2 saturated carbocycles. The molecule has 2 aliphatic carbocycles. The van der Waals surface area contributed by atoms with Crippen LogP contribution in [0.25, 0.3) is 0 Å². The average Bonchev–Trinajstić information content (AvgIpc) is 2.64. The van der Waals surface area contributed by atoms with Crippen molar-refractivity contribution in [3.63, 3.8) is 0 Å². The van der Waals surface area contributed by atoms with Gasteiger partial charge in [-0.3, -0.25) is 0 Å². The van der Waals surface area contributed by atoms with Crippen LogP contribution in [0.3, 0.4) is 0 Å². The number of hydrogen-bond acceptors (Lipinski definition) is 1. The van der Waals surface area contributed by atoms with Gasteiger partial charge >= 0.3 is 0 Å². The minimum absolute atomic E-state index is 0.495. The van der Waals surface area contributed by atoms with Crippen LogP contribution >= 0.6 is 0 Å². The highest BCUT2D eigenvalue weighted by atomic mass is 16.5. The van der Waals surface area contributed by atoms with E-state index in [9.17, 15) is 0 Å². The fourth-order valence-electron chi connectivity index (χ4n) is 4.59. The van der Waals surface area contributed by atoms with E-state index in [-0.39, 0.29) is 0 Å². The molecule has 0 aromatic rings. The third kappa shape index (κ3) is 7.45. The van der Waals surface area contributed by atoms with Crippen molar-refractivity contribution >= 4 is 0 Å². The molecular formula is C23H40O. The van der Waals surface area contributed by atoms with Crippen molar-refractivity contribution in [2.45, 2.75) is 103 Å². The minimum atomic E-state index is 0.495. The lowest BCUT2D eigenvalue weighted by Crippen LogP contribution is -2.21. The Hall–Kier alpha value is -0.720. The van der Waals surface area contributed by atoms with Crippen LogP contribution in [0.2, 0.25) is 0 Å². The van der Waals surface area contributed by atoms with Gasteiger partial charge < -0.3 is 4.74 Å². The highest BCUT2D eigenvalue weighted by molar-refractivity contribution is 4.80. The number of rotatable bonds is 10. The van der Waals surface area contributed by atoms with E-state index in [4.69, 9.17) is 4.74 Å². The first-order chi connectivity index (χ1) is 11.8. The van der Waals surface area contributed by atoms with Crippen molar-refractivity contribution in [1.29, 1.82) is 0 Å². The van der Waals surface area contributed by atoms with E-state index in [0.29, 0.717) is 6.10 Å². The van der Waals surface area contributed by atoms with Crippen molar-refractivity contribution in [1.82, 2.24) is 0 Å². The van der Waals surface area contributed by atoms with Crippen molar-refractivity contribution in [3.8, 4) is 0 Å². The van der Waals surface area contributed by atoms with Crippen LogP contribution in [0.5, 0.6) is 0 Å². The van der Waals surface area contributed by atoms with Crippen molar-refractivity contribution < 1.29 is 4.74 Å². The monoisotopic (exact) mass is 332 g/mol. The molecular weight excluding hydrogens is 292 g/mol. The maximum Gasteiger partial charge on any atom is 0.0978 e. The van der Waals surface area contributed by atoms with E-state index < -0.39 is 0 Å². The number of allylic oxidation sites excluding steroid dienone is 2. The van der Waals surface area contributed by atoms with E-state index in [2.05, 4.69) is 25.7 Å². The van der Waals surface area contributed by atoms with Gasteiger partial charge in [-0.05, 0) is 68.8 Å². The molecule has 0 aromatic carbocycles. The molecule has 1 heteroatoms. The summed E-state index contributed by atoms with van der Waals surface area (Å²) in [4.78, 5) is 0. The second-order valence-corrected chi connectivity index (χ2v) is 8.27. The van der Waals surface area contributed by atoms with Gasteiger partial charge in [0.05, 0.1) is 12.4 Å². The van der Waals surface area contributed by atoms with Gasteiger partial charge in [-0.15, -0.1) is 6.58 Å². The Labute approximate surface area is 150 Å². The molecule has 0 amide bonds. The third-order valence-corrected chi connectivity index (χ3v) is 6.34. The van der Waals surface area contributed by atoms with Gasteiger partial charge in [0.1, 0.15) is 0 Å². The third-order valence-electron chi connectivity index (χ3n) is 6.34. The Kier molecular flexibility index (Phi) is 9.61. The van der Waals surface area contributed by atoms with Gasteiger partial charge in [-0.1, -0.05) is 57.9 Å². The summed E-state index contributed by atoms with van der Waals surface area (Å²) in [6.45, 7) is 6.07. The molecule has 0 bridgehead atoms. The highest BCUT2D eigenvalue weighted by Gasteiger charge is 2.24. The average molecular weight is 333 g/mol. The number of ether oxygens (including phenoxy) is 1. The SMILES string of the molecule is C=CCCC1CCC(CCC2CCC(O/C=C/CCC)CC2)CC1. The predicted molar refractivity (Wildman–Crippen MR) is 105 cm³/mol. The zero-order valence-corrected chi connectivity index (χ0v) is 16.1. The zero-order valence-electron chi connectivity index (χ0n) is 16.1. The smallest absolute Gasteiger partial charge is 0.0978 e. The predicted octanol–water partition coefficient (Wildman–Crippen LogP) is 7.43. The first kappa shape index (κ1) is 19.6. The van der Waals surface area contributed by atoms with Crippen molar-refractivity contribution in [2.75, 3.05) is 0 Å². The van der Waals surface area contributed by atoms with E-state index >= 15 is 0 Å². The summed E-state index contributed by atoms with van der Waals surface area (Å²) in [6.07, 6.45) is 25.9. The van der Waals surface area contributed by atoms with Gasteiger partial charge in [0.15, 0.2) is 0 Å². The molecule has 0 heterocycles. The minimum Gasteiger partial charge on any atom is -0.498 e. The fraction of sp³-hybridized carbons (Fsp3) is 0.826. The van der Waals surface area contributed by atoms with Crippen LogP contribution < -0.4 is 0 Å². The lowest BCUT2D eigenvalue weighted by Gasteiger charge is -2.31. The summed E-state index contributed by atoms with van der Waals surface area (Å²) < 4.78 is 5.88. The second-order valence-electron chi connectivity index (χ2n) is 8.27. The van der Waals surface area contributed by atoms with Crippen LogP contribution in [0, 0.1) is 17.8 Å². The zero-order chi connectivity index (χ0) is 17.0. The molecule has 0 radical (unpaired) electrons. The molecule has 0 aliphatic heterocycles. The van der Waals surface area contributed by atoms with Crippen LogP contribution in [-0.4, -0.2) is 6.10 Å². The van der Waals surface area contributed by atoms with Crippen LogP contribution in [-0.2, 0) is 4.74 Å². The van der Waals surface area contributed by atoms with E-state index in [1.54, 1.807) is 0 Å². The maximum absolute atomic E-state index is 5.88. The Morgan fingerprint density at radius 3 is 1.88 bits per heavy atom. The molecule has 2 aliphatic rings. The van der Waals surface area contributed by atoms with Crippen molar-refractivity contribution in [3.05, 3.63) is 25.0 Å². The molecule has 0 aromatic heterocycles. The van der Waals surface area contributed by atoms with Gasteiger partial charge in [-0.25, -0.2) is 0 Å². The van der Waals surface area contributed by atoms with Crippen LogP contribution in [0.1, 0.15) is 96.8 Å². The van der Waals surface area contributed by atoms with Crippen LogP contribution in [0.15, 0.2) is 25.0 Å². The molecule has 0 spiro atoms. The van der Waals surface area contributed by atoms with E-state index in [1.165, 1.54) is 83.5 Å². The van der Waals surface area contributed by atoms with E-state index in [1.807, 2.05) is 6.26 Å². The Morgan fingerprint density at radius 2 is 1.33 bits per heavy atom. The molecule has 0 saturated heterocycles. The summed E-state index contributed by atoms with van der Waals surface area (Å²) in [5.74, 6) is 2.99. The maximum atomic E-state index is 5.88. The fourth-order valence-corrected chi connectivity index (χ4v) is 4.59. The molecule has 0 atom stereocenters. The van der Waals surface area contributed by atoms with Gasteiger partial charge in [-0.2, -0.15) is 0 Å². The van der Waals surface area contributed by atoms with Gasteiger partial charge in [0.25, 0.3) is 0 Å². The van der Waals surface area contributed by atoms with Gasteiger partial charge in [0.2, 0.25) is 0 Å². The first-order valence-electron chi connectivity index (χ1n) is 10.7. The summed E-state index contributed by atoms with van der Waals surface area (Å²) in [6, 6.07) is 0. The molecule has 0 unspecified atom stereocenters. The molecule has 24 heavy (non-hydrogen) atoms. The van der Waals surface area contributed by atoms with E-state index in [0.717, 1.165) is 24.2 Å². The second kappa shape index (κ2) is 11.8. The molecule has 0 N–H and O–H groups in total. The quantitative estimate of drug-likeness (QED) is 0.298. The molecule has 2 rings (SSSR count). The summed E-state index contributed by atoms with van der Waals surface area (Å²) in [5.41, 5.74) is 0. The largest absolute Gasteiger partial charge is 0.498 e. The number of hydrogen-bond donors (Lipinski definition) is 0. The lowest BCUT2D eigenvalue weighted by molar-refractivity contribution is 0.0836. The highest BCUT2D eigenvalue weighted by Crippen LogP contribution is 2.37.